The largest absolute Gasteiger partial charge is 0.481 e. The molecule has 2 aromatic carbocycles. The molecule has 1 aliphatic rings. The summed E-state index contributed by atoms with van der Waals surface area (Å²) >= 11 is 0. The fourth-order valence-electron chi connectivity index (χ4n) is 5.97. The molecule has 44 heavy (non-hydrogen) atoms. The number of pyridine rings is 1. The zero-order valence-corrected chi connectivity index (χ0v) is 25.6. The van der Waals surface area contributed by atoms with Crippen LogP contribution in [0.1, 0.15) is 67.4 Å². The lowest BCUT2D eigenvalue weighted by Gasteiger charge is -2.26. The van der Waals surface area contributed by atoms with Gasteiger partial charge < -0.3 is 19.9 Å². The van der Waals surface area contributed by atoms with Crippen LogP contribution in [-0.2, 0) is 16.0 Å². The van der Waals surface area contributed by atoms with Crippen molar-refractivity contribution in [3.8, 4) is 11.1 Å². The number of hydrogen-bond donors (Lipinski definition) is 2. The number of amides is 1. The van der Waals surface area contributed by atoms with Gasteiger partial charge in [0.05, 0.1) is 12.5 Å². The highest BCUT2D eigenvalue weighted by Gasteiger charge is 2.30. The molecule has 0 aliphatic carbocycles. The topological polar surface area (TPSA) is 91.6 Å². The minimum Gasteiger partial charge on any atom is -0.481 e. The molecule has 2 N–H and O–H groups in total. The van der Waals surface area contributed by atoms with E-state index in [4.69, 9.17) is 0 Å². The molecule has 1 saturated heterocycles. The highest BCUT2D eigenvalue weighted by Crippen LogP contribution is 2.33. The number of aliphatic carboxylic acids is 1. The van der Waals surface area contributed by atoms with E-state index in [9.17, 15) is 23.9 Å². The van der Waals surface area contributed by atoms with E-state index in [2.05, 4.69) is 5.32 Å². The van der Waals surface area contributed by atoms with Crippen LogP contribution in [0.4, 0.5) is 13.2 Å². The number of carbonyl (C=O) groups is 2. The van der Waals surface area contributed by atoms with Gasteiger partial charge >= 0.3 is 5.97 Å². The van der Waals surface area contributed by atoms with Crippen LogP contribution in [0.5, 0.6) is 0 Å². The first-order valence-corrected chi connectivity index (χ1v) is 15.0. The van der Waals surface area contributed by atoms with Crippen molar-refractivity contribution in [1.29, 1.82) is 0 Å². The standard InChI is InChI=1S/C34H40F3N3O4/c1-20(2)14-29(40-18-23(8-9-30(40)41)10-12-39-13-11-25(35)19-39)34(44)38-28(17-31(42)43)26-15-24(16-27(36)33(26)37)32-21(3)6-5-7-22(32)4/h5-9,15-16,18,20,25,28-29H,10-14,17,19H2,1-4H3,(H,38,44)(H,42,43)/t25-,28?,29?/m1/s1. The zero-order valence-electron chi connectivity index (χ0n) is 25.6. The van der Waals surface area contributed by atoms with E-state index in [1.807, 2.05) is 50.8 Å². The molecule has 2 heterocycles. The summed E-state index contributed by atoms with van der Waals surface area (Å²) in [7, 11) is 0. The summed E-state index contributed by atoms with van der Waals surface area (Å²) < 4.78 is 45.3. The summed E-state index contributed by atoms with van der Waals surface area (Å²) in [4.78, 5) is 40.8. The molecule has 2 unspecified atom stereocenters. The van der Waals surface area contributed by atoms with Crippen LogP contribution >= 0.6 is 0 Å². The van der Waals surface area contributed by atoms with E-state index in [0.29, 0.717) is 43.6 Å². The Labute approximate surface area is 255 Å². The lowest BCUT2D eigenvalue weighted by molar-refractivity contribution is -0.138. The lowest BCUT2D eigenvalue weighted by atomic mass is 9.92. The van der Waals surface area contributed by atoms with E-state index in [-0.39, 0.29) is 17.9 Å². The van der Waals surface area contributed by atoms with E-state index in [0.717, 1.165) is 22.8 Å². The normalized spacial score (nSPS) is 16.7. The molecule has 236 valence electrons. The second-order valence-corrected chi connectivity index (χ2v) is 12.2. The predicted molar refractivity (Wildman–Crippen MR) is 163 cm³/mol. The first-order valence-electron chi connectivity index (χ1n) is 15.0. The number of benzene rings is 2. The minimum absolute atomic E-state index is 0.0353. The number of carbonyl (C=O) groups excluding carboxylic acids is 1. The maximum atomic E-state index is 15.3. The van der Waals surface area contributed by atoms with E-state index in [1.54, 1.807) is 12.3 Å². The Kier molecular flexibility index (Phi) is 10.7. The van der Waals surface area contributed by atoms with Crippen molar-refractivity contribution in [3.05, 3.63) is 92.9 Å². The molecule has 1 aromatic heterocycles. The molecule has 0 spiro atoms. The van der Waals surface area contributed by atoms with Gasteiger partial charge in [-0.3, -0.25) is 14.4 Å². The third kappa shape index (κ3) is 7.96. The Hall–Kier alpha value is -3.92. The second kappa shape index (κ2) is 14.2. The Morgan fingerprint density at radius 3 is 2.41 bits per heavy atom. The number of likely N-dealkylation sites (tertiary alicyclic amines) is 1. The number of rotatable bonds is 12. The number of alkyl halides is 1. The number of aryl methyl sites for hydroxylation is 2. The molecule has 3 atom stereocenters. The molecule has 10 heteroatoms. The van der Waals surface area contributed by atoms with Crippen LogP contribution in [0.3, 0.4) is 0 Å². The SMILES string of the molecule is Cc1cccc(C)c1-c1cc(F)c(F)c(C(CC(=O)O)NC(=O)C(CC(C)C)n2cc(CCN3CC[C@@H](F)C3)ccc2=O)c1. The monoisotopic (exact) mass is 611 g/mol. The smallest absolute Gasteiger partial charge is 0.305 e. The van der Waals surface area contributed by atoms with Crippen molar-refractivity contribution < 1.29 is 27.9 Å². The highest BCUT2D eigenvalue weighted by atomic mass is 19.2. The van der Waals surface area contributed by atoms with E-state index < -0.39 is 53.7 Å². The minimum atomic E-state index is -1.41. The zero-order chi connectivity index (χ0) is 32.1. The molecule has 1 fully saturated rings. The van der Waals surface area contributed by atoms with Gasteiger partial charge in [-0.25, -0.2) is 13.2 Å². The van der Waals surface area contributed by atoms with Crippen molar-refractivity contribution in [2.24, 2.45) is 5.92 Å². The number of nitrogens with one attached hydrogen (secondary N) is 1. The van der Waals surface area contributed by atoms with Crippen molar-refractivity contribution in [3.63, 3.8) is 0 Å². The summed E-state index contributed by atoms with van der Waals surface area (Å²) in [5, 5.41) is 12.3. The number of hydrogen-bond acceptors (Lipinski definition) is 4. The highest BCUT2D eigenvalue weighted by molar-refractivity contribution is 5.82. The molecule has 1 amide bonds. The Morgan fingerprint density at radius 2 is 1.80 bits per heavy atom. The van der Waals surface area contributed by atoms with Crippen molar-refractivity contribution in [2.75, 3.05) is 19.6 Å². The first-order chi connectivity index (χ1) is 20.8. The third-order valence-corrected chi connectivity index (χ3v) is 8.16. The summed E-state index contributed by atoms with van der Waals surface area (Å²) in [5.74, 6) is -4.44. The molecular weight excluding hydrogens is 571 g/mol. The second-order valence-electron chi connectivity index (χ2n) is 12.2. The summed E-state index contributed by atoms with van der Waals surface area (Å²) in [6.07, 6.45) is 1.33. The van der Waals surface area contributed by atoms with Gasteiger partial charge in [0, 0.05) is 37.5 Å². The average Bonchev–Trinajstić information content (AvgIpc) is 3.37. The molecule has 4 rings (SSSR count). The van der Waals surface area contributed by atoms with Gasteiger partial charge in [-0.05, 0) is 79.0 Å². The summed E-state index contributed by atoms with van der Waals surface area (Å²) in [6, 6.07) is 8.58. The van der Waals surface area contributed by atoms with Crippen LogP contribution in [0, 0.1) is 31.4 Å². The number of nitrogens with zero attached hydrogens (tertiary/aromatic N) is 2. The van der Waals surface area contributed by atoms with Crippen LogP contribution in [0.15, 0.2) is 53.5 Å². The van der Waals surface area contributed by atoms with Crippen LogP contribution in [0.25, 0.3) is 11.1 Å². The van der Waals surface area contributed by atoms with Crippen LogP contribution < -0.4 is 10.9 Å². The van der Waals surface area contributed by atoms with Gasteiger partial charge in [-0.2, -0.15) is 0 Å². The Balaban J connectivity index is 1.68. The molecule has 3 aromatic rings. The summed E-state index contributed by atoms with van der Waals surface area (Å²) in [6.45, 7) is 9.07. The van der Waals surface area contributed by atoms with E-state index in [1.165, 1.54) is 16.7 Å². The maximum Gasteiger partial charge on any atom is 0.305 e. The third-order valence-electron chi connectivity index (χ3n) is 8.16. The van der Waals surface area contributed by atoms with Gasteiger partial charge in [-0.15, -0.1) is 0 Å². The Morgan fingerprint density at radius 1 is 1.09 bits per heavy atom. The fourth-order valence-corrected chi connectivity index (χ4v) is 5.97. The number of aromatic nitrogens is 1. The number of carboxylic acids is 1. The van der Waals surface area contributed by atoms with Gasteiger partial charge in [0.15, 0.2) is 11.6 Å². The van der Waals surface area contributed by atoms with Crippen LogP contribution in [0.2, 0.25) is 0 Å². The first kappa shape index (κ1) is 33.0. The molecule has 1 aliphatic heterocycles. The Bertz CT molecular complexity index is 1550. The number of carboxylic acid groups (broad SMARTS) is 1. The van der Waals surface area contributed by atoms with Gasteiger partial charge in [-0.1, -0.05) is 38.1 Å². The quantitative estimate of drug-likeness (QED) is 0.266. The maximum absolute atomic E-state index is 15.3. The van der Waals surface area contributed by atoms with Crippen molar-refractivity contribution >= 4 is 11.9 Å². The van der Waals surface area contributed by atoms with Crippen LogP contribution in [-0.4, -0.2) is 52.3 Å². The molecule has 0 bridgehead atoms. The molecule has 0 saturated carbocycles. The van der Waals surface area contributed by atoms with Gasteiger partial charge in [0.25, 0.3) is 5.56 Å². The predicted octanol–water partition coefficient (Wildman–Crippen LogP) is 5.92. The van der Waals surface area contributed by atoms with E-state index >= 15 is 8.78 Å². The molecule has 0 radical (unpaired) electrons. The average molecular weight is 612 g/mol. The lowest BCUT2D eigenvalue weighted by Crippen LogP contribution is -2.40. The summed E-state index contributed by atoms with van der Waals surface area (Å²) in [5.41, 5.74) is 2.76. The van der Waals surface area contributed by atoms with Gasteiger partial charge in [0.1, 0.15) is 12.2 Å². The number of halogens is 3. The molecule has 7 nitrogen and oxygen atoms in total. The molecular formula is C34H40F3N3O4. The fraction of sp³-hybridized carbons (Fsp3) is 0.441. The van der Waals surface area contributed by atoms with Crippen molar-refractivity contribution in [1.82, 2.24) is 14.8 Å². The van der Waals surface area contributed by atoms with Gasteiger partial charge in [0.2, 0.25) is 5.91 Å². The van der Waals surface area contributed by atoms with Crippen molar-refractivity contribution in [2.45, 2.75) is 71.6 Å².